The number of fused-ring (bicyclic) bond motifs is 1. The fourth-order valence-corrected chi connectivity index (χ4v) is 1.90. The van der Waals surface area contributed by atoms with Crippen LogP contribution >= 0.6 is 0 Å². The minimum atomic E-state index is -1.04. The van der Waals surface area contributed by atoms with Gasteiger partial charge >= 0.3 is 0 Å². The number of hydrogen-bond donors (Lipinski definition) is 1. The van der Waals surface area contributed by atoms with Crippen molar-refractivity contribution in [3.05, 3.63) is 42.2 Å². The van der Waals surface area contributed by atoms with Crippen LogP contribution in [0.4, 0.5) is 4.39 Å². The molecule has 1 aromatic carbocycles. The Morgan fingerprint density at radius 1 is 1.22 bits per heavy atom. The Hall–Kier alpha value is -1.48. The third kappa shape index (κ3) is 3.05. The van der Waals surface area contributed by atoms with E-state index >= 15 is 0 Å². The Kier molecular flexibility index (Phi) is 3.62. The van der Waals surface area contributed by atoms with Crippen molar-refractivity contribution in [2.75, 3.05) is 6.54 Å². The first-order valence-corrected chi connectivity index (χ1v) is 6.19. The summed E-state index contributed by atoms with van der Waals surface area (Å²) >= 11 is 0. The number of pyridine rings is 1. The van der Waals surface area contributed by atoms with Crippen LogP contribution in [0.25, 0.3) is 10.8 Å². The summed E-state index contributed by atoms with van der Waals surface area (Å²) in [6.07, 6.45) is 2.35. The maximum atomic E-state index is 14.3. The maximum Gasteiger partial charge on any atom is 0.140 e. The summed E-state index contributed by atoms with van der Waals surface area (Å²) in [5.41, 5.74) is 0.576. The lowest BCUT2D eigenvalue weighted by Gasteiger charge is -2.22. The van der Waals surface area contributed by atoms with Crippen LogP contribution in [-0.4, -0.2) is 17.1 Å². The Bertz CT molecular complexity index is 526. The highest BCUT2D eigenvalue weighted by atomic mass is 19.1. The number of benzene rings is 1. The number of aromatic nitrogens is 1. The first kappa shape index (κ1) is 13.0. The van der Waals surface area contributed by atoms with E-state index in [9.17, 15) is 4.39 Å². The van der Waals surface area contributed by atoms with Crippen molar-refractivity contribution in [3.63, 3.8) is 0 Å². The fraction of sp³-hybridized carbons (Fsp3) is 0.400. The number of alkyl halides is 1. The molecule has 0 spiro atoms. The summed E-state index contributed by atoms with van der Waals surface area (Å²) in [6.45, 7) is 6.39. The molecule has 1 heterocycles. The van der Waals surface area contributed by atoms with Crippen LogP contribution in [0.5, 0.6) is 0 Å². The van der Waals surface area contributed by atoms with E-state index in [2.05, 4.69) is 10.3 Å². The fourth-order valence-electron chi connectivity index (χ4n) is 1.90. The molecule has 0 bridgehead atoms. The molecule has 0 saturated heterocycles. The van der Waals surface area contributed by atoms with Gasteiger partial charge in [0.2, 0.25) is 0 Å². The van der Waals surface area contributed by atoms with Gasteiger partial charge in [-0.1, -0.05) is 24.3 Å². The summed E-state index contributed by atoms with van der Waals surface area (Å²) in [6, 6.07) is 7.76. The smallest absolute Gasteiger partial charge is 0.140 e. The average Bonchev–Trinajstić information content (AvgIpc) is 2.34. The van der Waals surface area contributed by atoms with Crippen LogP contribution in [-0.2, 0) is 0 Å². The van der Waals surface area contributed by atoms with Gasteiger partial charge < -0.3 is 5.32 Å². The van der Waals surface area contributed by atoms with Gasteiger partial charge in [-0.25, -0.2) is 4.39 Å². The SMILES string of the molecule is CC(C)(C)NCC(F)c1cncc2ccccc12. The van der Waals surface area contributed by atoms with Gasteiger partial charge in [0.1, 0.15) is 6.17 Å². The van der Waals surface area contributed by atoms with E-state index in [-0.39, 0.29) is 5.54 Å². The molecule has 2 nitrogen and oxygen atoms in total. The van der Waals surface area contributed by atoms with Crippen LogP contribution in [0, 0.1) is 0 Å². The molecular weight excluding hydrogens is 227 g/mol. The van der Waals surface area contributed by atoms with Crippen LogP contribution < -0.4 is 5.32 Å². The molecule has 0 amide bonds. The predicted octanol–water partition coefficient (Wildman–Crippen LogP) is 3.63. The topological polar surface area (TPSA) is 24.9 Å². The zero-order valence-corrected chi connectivity index (χ0v) is 11.1. The molecule has 1 atom stereocenters. The van der Waals surface area contributed by atoms with E-state index in [0.29, 0.717) is 12.1 Å². The van der Waals surface area contributed by atoms with Crippen molar-refractivity contribution in [1.82, 2.24) is 10.3 Å². The van der Waals surface area contributed by atoms with Gasteiger partial charge in [0.25, 0.3) is 0 Å². The summed E-state index contributed by atoms with van der Waals surface area (Å²) in [7, 11) is 0. The molecule has 1 aromatic heterocycles. The average molecular weight is 246 g/mol. The molecule has 0 radical (unpaired) electrons. The Labute approximate surface area is 107 Å². The van der Waals surface area contributed by atoms with Crippen molar-refractivity contribution in [1.29, 1.82) is 0 Å². The molecule has 2 aromatic rings. The lowest BCUT2D eigenvalue weighted by Crippen LogP contribution is -2.37. The van der Waals surface area contributed by atoms with E-state index in [1.54, 1.807) is 12.4 Å². The first-order chi connectivity index (χ1) is 8.47. The summed E-state index contributed by atoms with van der Waals surface area (Å²) < 4.78 is 14.3. The molecule has 0 aliphatic carbocycles. The second-order valence-electron chi connectivity index (χ2n) is 5.55. The second kappa shape index (κ2) is 5.02. The standard InChI is InChI=1S/C15H19FN2/c1-15(2,3)18-10-14(16)13-9-17-8-11-6-4-5-7-12(11)13/h4-9,14,18H,10H2,1-3H3. The largest absolute Gasteiger partial charge is 0.309 e. The van der Waals surface area contributed by atoms with Gasteiger partial charge in [0.15, 0.2) is 0 Å². The van der Waals surface area contributed by atoms with Crippen molar-refractivity contribution >= 4 is 10.8 Å². The van der Waals surface area contributed by atoms with E-state index in [1.807, 2.05) is 45.0 Å². The van der Waals surface area contributed by atoms with Gasteiger partial charge in [-0.3, -0.25) is 4.98 Å². The number of halogens is 1. The van der Waals surface area contributed by atoms with Gasteiger partial charge in [-0.2, -0.15) is 0 Å². The molecule has 18 heavy (non-hydrogen) atoms. The maximum absolute atomic E-state index is 14.3. The van der Waals surface area contributed by atoms with Gasteiger partial charge in [-0.05, 0) is 26.2 Å². The summed E-state index contributed by atoms with van der Waals surface area (Å²) in [5, 5.41) is 5.10. The van der Waals surface area contributed by atoms with Crippen molar-refractivity contribution < 1.29 is 4.39 Å². The van der Waals surface area contributed by atoms with E-state index in [1.165, 1.54) is 0 Å². The highest BCUT2D eigenvalue weighted by Gasteiger charge is 2.17. The molecule has 3 heteroatoms. The van der Waals surface area contributed by atoms with Crippen molar-refractivity contribution in [2.45, 2.75) is 32.5 Å². The number of rotatable bonds is 3. The highest BCUT2D eigenvalue weighted by molar-refractivity contribution is 5.84. The van der Waals surface area contributed by atoms with Gasteiger partial charge in [0.05, 0.1) is 0 Å². The van der Waals surface area contributed by atoms with Crippen LogP contribution in [0.3, 0.4) is 0 Å². The second-order valence-corrected chi connectivity index (χ2v) is 5.55. The van der Waals surface area contributed by atoms with Crippen LogP contribution in [0.1, 0.15) is 32.5 Å². The number of nitrogens with zero attached hydrogens (tertiary/aromatic N) is 1. The molecule has 2 rings (SSSR count). The van der Waals surface area contributed by atoms with Crippen molar-refractivity contribution in [3.8, 4) is 0 Å². The zero-order chi connectivity index (χ0) is 13.2. The Balaban J connectivity index is 2.25. The lowest BCUT2D eigenvalue weighted by molar-refractivity contribution is 0.292. The molecule has 1 N–H and O–H groups in total. The summed E-state index contributed by atoms with van der Waals surface area (Å²) in [5.74, 6) is 0. The van der Waals surface area contributed by atoms with Gasteiger partial charge in [-0.15, -0.1) is 0 Å². The lowest BCUT2D eigenvalue weighted by atomic mass is 10.0. The van der Waals surface area contributed by atoms with Crippen LogP contribution in [0.2, 0.25) is 0 Å². The van der Waals surface area contributed by atoms with Gasteiger partial charge in [0, 0.05) is 35.4 Å². The predicted molar refractivity (Wildman–Crippen MR) is 73.3 cm³/mol. The van der Waals surface area contributed by atoms with E-state index in [0.717, 1.165) is 10.8 Å². The van der Waals surface area contributed by atoms with Crippen LogP contribution in [0.15, 0.2) is 36.7 Å². The van der Waals surface area contributed by atoms with Crippen molar-refractivity contribution in [2.24, 2.45) is 0 Å². The molecule has 0 aliphatic rings. The number of nitrogens with one attached hydrogen (secondary N) is 1. The zero-order valence-electron chi connectivity index (χ0n) is 11.1. The third-order valence-corrected chi connectivity index (χ3v) is 2.85. The monoisotopic (exact) mass is 246 g/mol. The molecule has 96 valence electrons. The molecule has 0 fully saturated rings. The number of hydrogen-bond acceptors (Lipinski definition) is 2. The highest BCUT2D eigenvalue weighted by Crippen LogP contribution is 2.25. The molecular formula is C15H19FN2. The normalized spacial score (nSPS) is 13.8. The minimum absolute atomic E-state index is 0.0810. The quantitative estimate of drug-likeness (QED) is 0.894. The first-order valence-electron chi connectivity index (χ1n) is 6.19. The molecule has 0 aliphatic heterocycles. The molecule has 1 unspecified atom stereocenters. The summed E-state index contributed by atoms with van der Waals surface area (Å²) in [4.78, 5) is 4.11. The third-order valence-electron chi connectivity index (χ3n) is 2.85. The van der Waals surface area contributed by atoms with E-state index < -0.39 is 6.17 Å². The Morgan fingerprint density at radius 2 is 1.94 bits per heavy atom. The minimum Gasteiger partial charge on any atom is -0.309 e. The molecule has 0 saturated carbocycles. The van der Waals surface area contributed by atoms with E-state index in [4.69, 9.17) is 0 Å². The Morgan fingerprint density at radius 3 is 2.67 bits per heavy atom.